The molecule has 35 heavy (non-hydrogen) atoms. The summed E-state index contributed by atoms with van der Waals surface area (Å²) in [6.07, 6.45) is -12.1. The molecule has 1 heterocycles. The van der Waals surface area contributed by atoms with Gasteiger partial charge in [-0.2, -0.15) is 17.6 Å². The standard InChI is InChI=1S/C23H21F9O3/c1-2-3-13-4-9-19(33-12-13)14-5-7-15(8-6-14)21(26,27)34-16-10-17(24)20(18(25)11-16)22(28,29)35-23(30,31)32/h5-8,10-11,13,19H,2-4,9,12H2,1H3. The minimum atomic E-state index is -5.92. The summed E-state index contributed by atoms with van der Waals surface area (Å²) in [7, 11) is 0. The highest BCUT2D eigenvalue weighted by Crippen LogP contribution is 2.41. The number of ether oxygens (including phenoxy) is 3. The van der Waals surface area contributed by atoms with Crippen LogP contribution in [0.25, 0.3) is 0 Å². The van der Waals surface area contributed by atoms with Crippen molar-refractivity contribution in [3.8, 4) is 5.75 Å². The molecule has 1 fully saturated rings. The maximum atomic E-state index is 14.6. The predicted octanol–water partition coefficient (Wildman–Crippen LogP) is 7.95. The van der Waals surface area contributed by atoms with E-state index in [1.54, 1.807) is 0 Å². The van der Waals surface area contributed by atoms with Gasteiger partial charge in [0.05, 0.1) is 18.3 Å². The van der Waals surface area contributed by atoms with Crippen LogP contribution in [0.3, 0.4) is 0 Å². The Labute approximate surface area is 194 Å². The summed E-state index contributed by atoms with van der Waals surface area (Å²) in [4.78, 5) is 0. The maximum Gasteiger partial charge on any atom is 0.527 e. The fourth-order valence-electron chi connectivity index (χ4n) is 3.89. The van der Waals surface area contributed by atoms with E-state index in [1.165, 1.54) is 12.1 Å². The fraction of sp³-hybridized carbons (Fsp3) is 0.478. The Kier molecular flexibility index (Phi) is 7.95. The first-order valence-electron chi connectivity index (χ1n) is 10.6. The first kappa shape index (κ1) is 27.1. The maximum absolute atomic E-state index is 14.6. The first-order chi connectivity index (χ1) is 16.2. The van der Waals surface area contributed by atoms with Gasteiger partial charge in [-0.1, -0.05) is 25.5 Å². The Hall–Kier alpha value is -2.47. The van der Waals surface area contributed by atoms with Gasteiger partial charge in [-0.05, 0) is 42.9 Å². The van der Waals surface area contributed by atoms with Crippen LogP contribution in [0.2, 0.25) is 0 Å². The van der Waals surface area contributed by atoms with Crippen LogP contribution in [0.5, 0.6) is 5.75 Å². The Morgan fingerprint density at radius 3 is 1.97 bits per heavy atom. The molecule has 0 radical (unpaired) electrons. The van der Waals surface area contributed by atoms with Crippen molar-refractivity contribution in [2.75, 3.05) is 6.61 Å². The van der Waals surface area contributed by atoms with Crippen molar-refractivity contribution in [1.29, 1.82) is 0 Å². The number of halogens is 9. The molecule has 3 rings (SSSR count). The molecule has 2 aromatic carbocycles. The molecule has 2 unspecified atom stereocenters. The van der Waals surface area contributed by atoms with E-state index in [1.807, 2.05) is 0 Å². The van der Waals surface area contributed by atoms with Crippen LogP contribution in [0.15, 0.2) is 36.4 Å². The van der Waals surface area contributed by atoms with Crippen molar-refractivity contribution in [2.24, 2.45) is 5.92 Å². The molecule has 3 nitrogen and oxygen atoms in total. The normalized spacial score (nSPS) is 19.6. The third-order valence-electron chi connectivity index (χ3n) is 5.48. The highest BCUT2D eigenvalue weighted by molar-refractivity contribution is 5.34. The highest BCUT2D eigenvalue weighted by atomic mass is 19.4. The van der Waals surface area contributed by atoms with Gasteiger partial charge < -0.3 is 9.47 Å². The number of hydrogen-bond acceptors (Lipinski definition) is 3. The van der Waals surface area contributed by atoms with Crippen LogP contribution in [0, 0.1) is 17.6 Å². The lowest BCUT2D eigenvalue weighted by Gasteiger charge is -2.29. The van der Waals surface area contributed by atoms with E-state index >= 15 is 0 Å². The van der Waals surface area contributed by atoms with Crippen LogP contribution < -0.4 is 4.74 Å². The second-order valence-electron chi connectivity index (χ2n) is 8.12. The number of rotatable bonds is 8. The van der Waals surface area contributed by atoms with Crippen molar-refractivity contribution in [1.82, 2.24) is 0 Å². The van der Waals surface area contributed by atoms with Crippen molar-refractivity contribution < 1.29 is 53.7 Å². The minimum absolute atomic E-state index is 0.0864. The van der Waals surface area contributed by atoms with Gasteiger partial charge >= 0.3 is 18.6 Å². The zero-order chi connectivity index (χ0) is 26.0. The average molecular weight is 516 g/mol. The van der Waals surface area contributed by atoms with E-state index in [-0.39, 0.29) is 18.2 Å². The predicted molar refractivity (Wildman–Crippen MR) is 105 cm³/mol. The summed E-state index contributed by atoms with van der Waals surface area (Å²) >= 11 is 0. The molecule has 2 atom stereocenters. The molecular weight excluding hydrogens is 495 g/mol. The van der Waals surface area contributed by atoms with Gasteiger partial charge in [0.2, 0.25) is 0 Å². The zero-order valence-corrected chi connectivity index (χ0v) is 18.3. The zero-order valence-electron chi connectivity index (χ0n) is 18.3. The smallest absolute Gasteiger partial charge is 0.429 e. The molecule has 0 bridgehead atoms. The third-order valence-corrected chi connectivity index (χ3v) is 5.48. The average Bonchev–Trinajstić information content (AvgIpc) is 2.72. The molecule has 1 saturated heterocycles. The number of alkyl halides is 7. The Morgan fingerprint density at radius 2 is 1.49 bits per heavy atom. The number of benzene rings is 2. The van der Waals surface area contributed by atoms with E-state index in [0.717, 1.165) is 31.4 Å². The van der Waals surface area contributed by atoms with E-state index in [4.69, 9.17) is 4.74 Å². The summed E-state index contributed by atoms with van der Waals surface area (Å²) in [6.45, 7) is 2.63. The van der Waals surface area contributed by atoms with Crippen LogP contribution in [-0.4, -0.2) is 13.0 Å². The molecule has 0 spiro atoms. The lowest BCUT2D eigenvalue weighted by molar-refractivity contribution is -0.432. The van der Waals surface area contributed by atoms with Crippen LogP contribution in [0.4, 0.5) is 39.5 Å². The fourth-order valence-corrected chi connectivity index (χ4v) is 3.89. The van der Waals surface area contributed by atoms with Gasteiger partial charge in [-0.15, -0.1) is 13.2 Å². The number of hydrogen-bond donors (Lipinski definition) is 0. The summed E-state index contributed by atoms with van der Waals surface area (Å²) in [5.41, 5.74) is -2.46. The van der Waals surface area contributed by atoms with E-state index in [9.17, 15) is 39.5 Å². The molecule has 0 N–H and O–H groups in total. The summed E-state index contributed by atoms with van der Waals surface area (Å²) < 4.78 is 133. The molecule has 0 aliphatic carbocycles. The quantitative estimate of drug-likeness (QED) is 0.334. The second kappa shape index (κ2) is 10.3. The largest absolute Gasteiger partial charge is 0.527 e. The van der Waals surface area contributed by atoms with E-state index in [0.29, 0.717) is 24.5 Å². The van der Waals surface area contributed by atoms with Gasteiger partial charge in [-0.3, -0.25) is 0 Å². The molecule has 2 aromatic rings. The highest BCUT2D eigenvalue weighted by Gasteiger charge is 2.49. The van der Waals surface area contributed by atoms with Gasteiger partial charge in [0.1, 0.15) is 22.9 Å². The van der Waals surface area contributed by atoms with Crippen LogP contribution in [0.1, 0.15) is 55.4 Å². The first-order valence-corrected chi connectivity index (χ1v) is 10.6. The van der Waals surface area contributed by atoms with Gasteiger partial charge in [0.15, 0.2) is 0 Å². The van der Waals surface area contributed by atoms with Crippen molar-refractivity contribution in [2.45, 2.75) is 57.3 Å². The van der Waals surface area contributed by atoms with Crippen molar-refractivity contribution in [3.05, 3.63) is 64.7 Å². The van der Waals surface area contributed by atoms with Crippen molar-refractivity contribution >= 4 is 0 Å². The van der Waals surface area contributed by atoms with Gasteiger partial charge in [-0.25, -0.2) is 13.5 Å². The van der Waals surface area contributed by atoms with E-state index in [2.05, 4.69) is 16.4 Å². The topological polar surface area (TPSA) is 27.7 Å². The Morgan fingerprint density at radius 1 is 0.886 bits per heavy atom. The molecule has 0 aromatic heterocycles. The molecule has 12 heteroatoms. The molecular formula is C23H21F9O3. The lowest BCUT2D eigenvalue weighted by Crippen LogP contribution is -2.30. The van der Waals surface area contributed by atoms with Gasteiger partial charge in [0, 0.05) is 12.1 Å². The molecule has 1 aliphatic rings. The van der Waals surface area contributed by atoms with Crippen LogP contribution >= 0.6 is 0 Å². The Balaban J connectivity index is 1.73. The molecule has 0 amide bonds. The summed E-state index contributed by atoms with van der Waals surface area (Å²) in [5.74, 6) is -5.31. The monoisotopic (exact) mass is 516 g/mol. The Bertz CT molecular complexity index is 975. The molecule has 1 aliphatic heterocycles. The minimum Gasteiger partial charge on any atom is -0.429 e. The summed E-state index contributed by atoms with van der Waals surface area (Å²) in [6, 6.07) is 4.63. The SMILES string of the molecule is CCCC1CCC(c2ccc(C(F)(F)Oc3cc(F)c(C(F)(F)OC(F)(F)F)c(F)c3)cc2)OC1. The second-order valence-corrected chi connectivity index (χ2v) is 8.12. The molecule has 0 saturated carbocycles. The van der Waals surface area contributed by atoms with E-state index < -0.39 is 47.1 Å². The lowest BCUT2D eigenvalue weighted by atomic mass is 9.91. The van der Waals surface area contributed by atoms with Crippen molar-refractivity contribution in [3.63, 3.8) is 0 Å². The molecule has 194 valence electrons. The van der Waals surface area contributed by atoms with Gasteiger partial charge in [0.25, 0.3) is 0 Å². The van der Waals surface area contributed by atoms with Crippen LogP contribution in [-0.2, 0) is 21.7 Å². The summed E-state index contributed by atoms with van der Waals surface area (Å²) in [5, 5.41) is 0. The third kappa shape index (κ3) is 6.81.